The number of hydrogen-bond acceptors (Lipinski definition) is 8. The number of hydrogen-bond donors (Lipinski definition) is 1. The summed E-state index contributed by atoms with van der Waals surface area (Å²) in [5.41, 5.74) is -0.766. The molecule has 0 aromatic carbocycles. The van der Waals surface area contributed by atoms with Crippen LogP contribution in [-0.4, -0.2) is 58.9 Å². The lowest BCUT2D eigenvalue weighted by molar-refractivity contribution is -0.176. The third kappa shape index (κ3) is 8.35. The monoisotopic (exact) mass is 527 g/mol. The van der Waals surface area contributed by atoms with Crippen molar-refractivity contribution in [2.45, 2.75) is 71.8 Å². The van der Waals surface area contributed by atoms with E-state index in [-0.39, 0.29) is 0 Å². The number of carbonyl (C=O) groups is 4. The van der Waals surface area contributed by atoms with Crippen molar-refractivity contribution in [3.63, 3.8) is 0 Å². The molecule has 1 aliphatic rings. The van der Waals surface area contributed by atoms with E-state index in [9.17, 15) is 19.2 Å². The molecule has 9 nitrogen and oxygen atoms in total. The Balaban J connectivity index is 3.05. The average Bonchev–Trinajstić information content (AvgIpc) is 2.61. The molecule has 1 saturated heterocycles. The van der Waals surface area contributed by atoms with E-state index >= 15 is 0 Å². The maximum absolute atomic E-state index is 12.7. The smallest absolute Gasteiger partial charge is 0.408 e. The van der Waals surface area contributed by atoms with E-state index in [4.69, 9.17) is 18.9 Å². The first-order valence-corrected chi connectivity index (χ1v) is 11.0. The van der Waals surface area contributed by atoms with Crippen LogP contribution in [0.2, 0.25) is 0 Å². The molecule has 1 rings (SSSR count). The van der Waals surface area contributed by atoms with Crippen molar-refractivity contribution < 1.29 is 38.1 Å². The van der Waals surface area contributed by atoms with Crippen LogP contribution in [0.15, 0.2) is 0 Å². The van der Waals surface area contributed by atoms with Gasteiger partial charge >= 0.3 is 24.0 Å². The number of carbonyl (C=O) groups excluding carboxylic acids is 4. The SMILES string of the molecule is CC(C)C(=O)OC1C(C)OC(=O)C(NC(=O)OC(C)(C)C)COC(=O)C1CCI. The Hall–Kier alpha value is -1.59. The van der Waals surface area contributed by atoms with Crippen LogP contribution in [0.1, 0.15) is 48.0 Å². The molecular weight excluding hydrogens is 497 g/mol. The van der Waals surface area contributed by atoms with E-state index in [0.717, 1.165) is 0 Å². The average molecular weight is 527 g/mol. The molecule has 1 N–H and O–H groups in total. The maximum atomic E-state index is 12.7. The lowest BCUT2D eigenvalue weighted by Crippen LogP contribution is -2.48. The number of halogens is 1. The summed E-state index contributed by atoms with van der Waals surface area (Å²) in [6.45, 7) is 9.50. The predicted molar refractivity (Wildman–Crippen MR) is 111 cm³/mol. The second-order valence-electron chi connectivity index (χ2n) is 8.11. The highest BCUT2D eigenvalue weighted by Gasteiger charge is 2.41. The summed E-state index contributed by atoms with van der Waals surface area (Å²) in [6.07, 6.45) is -2.36. The zero-order chi connectivity index (χ0) is 22.4. The minimum Gasteiger partial charge on any atom is -0.463 e. The summed E-state index contributed by atoms with van der Waals surface area (Å²) in [4.78, 5) is 49.3. The number of alkyl carbamates (subject to hydrolysis) is 1. The van der Waals surface area contributed by atoms with Crippen LogP contribution in [0.25, 0.3) is 0 Å². The maximum Gasteiger partial charge on any atom is 0.408 e. The van der Waals surface area contributed by atoms with Crippen molar-refractivity contribution in [2.24, 2.45) is 11.8 Å². The van der Waals surface area contributed by atoms with E-state index in [2.05, 4.69) is 27.9 Å². The van der Waals surface area contributed by atoms with Gasteiger partial charge in [-0.3, -0.25) is 9.59 Å². The van der Waals surface area contributed by atoms with E-state index in [1.165, 1.54) is 0 Å². The van der Waals surface area contributed by atoms with E-state index in [1.54, 1.807) is 41.5 Å². The number of alkyl halides is 1. The van der Waals surface area contributed by atoms with Crippen molar-refractivity contribution in [1.82, 2.24) is 5.32 Å². The van der Waals surface area contributed by atoms with Gasteiger partial charge in [0.2, 0.25) is 0 Å². The molecule has 10 heteroatoms. The van der Waals surface area contributed by atoms with Crippen molar-refractivity contribution >= 4 is 46.6 Å². The number of nitrogens with one attached hydrogen (secondary N) is 1. The molecule has 1 amide bonds. The highest BCUT2D eigenvalue weighted by molar-refractivity contribution is 14.1. The minimum absolute atomic E-state index is 0.376. The lowest BCUT2D eigenvalue weighted by atomic mass is 9.95. The van der Waals surface area contributed by atoms with Crippen LogP contribution in [0, 0.1) is 11.8 Å². The second kappa shape index (κ2) is 11.0. The molecule has 0 aromatic rings. The summed E-state index contributed by atoms with van der Waals surface area (Å²) in [5, 5.41) is 2.36. The van der Waals surface area contributed by atoms with Gasteiger partial charge in [0.1, 0.15) is 18.3 Å². The van der Waals surface area contributed by atoms with Crippen LogP contribution < -0.4 is 5.32 Å². The Morgan fingerprint density at radius 3 is 2.38 bits per heavy atom. The van der Waals surface area contributed by atoms with Gasteiger partial charge in [0, 0.05) is 4.43 Å². The minimum atomic E-state index is -1.24. The van der Waals surface area contributed by atoms with Crippen LogP contribution in [0.3, 0.4) is 0 Å². The molecule has 0 radical (unpaired) electrons. The summed E-state index contributed by atoms with van der Waals surface area (Å²) < 4.78 is 21.9. The quantitative estimate of drug-likeness (QED) is 0.251. The Morgan fingerprint density at radius 2 is 1.86 bits per heavy atom. The lowest BCUT2D eigenvalue weighted by Gasteiger charge is -2.29. The van der Waals surface area contributed by atoms with Gasteiger partial charge < -0.3 is 24.3 Å². The molecule has 1 heterocycles. The van der Waals surface area contributed by atoms with Crippen LogP contribution >= 0.6 is 22.6 Å². The summed E-state index contributed by atoms with van der Waals surface area (Å²) in [6, 6.07) is -1.24. The zero-order valence-electron chi connectivity index (χ0n) is 17.7. The Labute approximate surface area is 184 Å². The molecule has 0 aliphatic carbocycles. The van der Waals surface area contributed by atoms with Crippen molar-refractivity contribution in [3.8, 4) is 0 Å². The van der Waals surface area contributed by atoms with Crippen molar-refractivity contribution in [1.29, 1.82) is 0 Å². The standard InChI is InChI=1S/C19H30INO8/c1-10(2)15(22)28-14-11(3)27-17(24)13(21-18(25)29-19(4,5)6)9-26-16(23)12(14)7-8-20/h10-14H,7-9H2,1-6H3,(H,21,25). The van der Waals surface area contributed by atoms with E-state index < -0.39 is 66.3 Å². The van der Waals surface area contributed by atoms with Gasteiger partial charge in [-0.05, 0) is 34.1 Å². The van der Waals surface area contributed by atoms with E-state index in [0.29, 0.717) is 10.8 Å². The molecule has 0 spiro atoms. The zero-order valence-corrected chi connectivity index (χ0v) is 19.8. The molecule has 4 atom stereocenters. The molecule has 1 aliphatic heterocycles. The molecule has 0 bridgehead atoms. The largest absolute Gasteiger partial charge is 0.463 e. The molecule has 4 unspecified atom stereocenters. The first-order chi connectivity index (χ1) is 13.4. The third-order valence-electron chi connectivity index (χ3n) is 3.98. The van der Waals surface area contributed by atoms with Gasteiger partial charge in [0.15, 0.2) is 12.1 Å². The Bertz CT molecular complexity index is 616. The van der Waals surface area contributed by atoms with Gasteiger partial charge in [-0.1, -0.05) is 36.4 Å². The third-order valence-corrected chi connectivity index (χ3v) is 4.60. The van der Waals surface area contributed by atoms with Gasteiger partial charge in [-0.25, -0.2) is 9.59 Å². The molecule has 0 saturated carbocycles. The summed E-state index contributed by atoms with van der Waals surface area (Å²) >= 11 is 2.10. The van der Waals surface area contributed by atoms with Gasteiger partial charge in [-0.15, -0.1) is 0 Å². The number of ether oxygens (including phenoxy) is 4. The molecular formula is C19H30INO8. The fraction of sp³-hybridized carbons (Fsp3) is 0.789. The topological polar surface area (TPSA) is 117 Å². The summed E-state index contributed by atoms with van der Waals surface area (Å²) in [7, 11) is 0. The number of esters is 3. The van der Waals surface area contributed by atoms with Crippen LogP contribution in [0.5, 0.6) is 0 Å². The molecule has 0 aromatic heterocycles. The number of amides is 1. The van der Waals surface area contributed by atoms with Gasteiger partial charge in [0.05, 0.1) is 11.8 Å². The number of cyclic esters (lactones) is 2. The fourth-order valence-electron chi connectivity index (χ4n) is 2.53. The van der Waals surface area contributed by atoms with Gasteiger partial charge in [0.25, 0.3) is 0 Å². The predicted octanol–water partition coefficient (Wildman–Crippen LogP) is 2.38. The highest BCUT2D eigenvalue weighted by atomic mass is 127. The summed E-state index contributed by atoms with van der Waals surface area (Å²) in [5.74, 6) is -3.14. The number of rotatable bonds is 5. The van der Waals surface area contributed by atoms with Crippen LogP contribution in [0.4, 0.5) is 4.79 Å². The molecule has 1 fully saturated rings. The van der Waals surface area contributed by atoms with Gasteiger partial charge in [-0.2, -0.15) is 0 Å². The second-order valence-corrected chi connectivity index (χ2v) is 9.19. The Morgan fingerprint density at radius 1 is 1.24 bits per heavy atom. The van der Waals surface area contributed by atoms with E-state index in [1.807, 2.05) is 0 Å². The highest BCUT2D eigenvalue weighted by Crippen LogP contribution is 2.24. The molecule has 29 heavy (non-hydrogen) atoms. The fourth-order valence-corrected chi connectivity index (χ4v) is 3.20. The van der Waals surface area contributed by atoms with Crippen molar-refractivity contribution in [3.05, 3.63) is 0 Å². The van der Waals surface area contributed by atoms with Crippen LogP contribution in [-0.2, 0) is 33.3 Å². The van der Waals surface area contributed by atoms with Crippen molar-refractivity contribution in [2.75, 3.05) is 11.0 Å². The normalized spacial score (nSPS) is 25.8. The molecule has 166 valence electrons. The first-order valence-electron chi connectivity index (χ1n) is 9.48. The first kappa shape index (κ1) is 25.4. The Kier molecular flexibility index (Phi) is 9.63.